The molecule has 3 nitrogen and oxygen atoms in total. The molecule has 0 spiro atoms. The molecule has 0 aromatic heterocycles. The Kier molecular flexibility index (Phi) is 4.39. The van der Waals surface area contributed by atoms with E-state index in [1.807, 2.05) is 6.92 Å². The van der Waals surface area contributed by atoms with Crippen LogP contribution in [0.25, 0.3) is 0 Å². The molecule has 1 saturated carbocycles. The molecule has 0 aromatic carbocycles. The van der Waals surface area contributed by atoms with Gasteiger partial charge in [0.2, 0.25) is 5.91 Å². The van der Waals surface area contributed by atoms with Gasteiger partial charge in [-0.25, -0.2) is 0 Å². The highest BCUT2D eigenvalue weighted by molar-refractivity contribution is 5.78. The average Bonchev–Trinajstić information content (AvgIpc) is 2.10. The van der Waals surface area contributed by atoms with Crippen LogP contribution in [0.5, 0.6) is 0 Å². The molecule has 0 radical (unpaired) electrons. The van der Waals surface area contributed by atoms with Crippen molar-refractivity contribution in [1.82, 2.24) is 5.32 Å². The van der Waals surface area contributed by atoms with E-state index in [2.05, 4.69) is 12.2 Å². The smallest absolute Gasteiger partial charge is 0.222 e. The number of hydrogen-bond acceptors (Lipinski definition) is 2. The number of carbonyl (C=O) groups is 1. The molecule has 3 N–H and O–H groups in total. The van der Waals surface area contributed by atoms with E-state index < -0.39 is 0 Å². The van der Waals surface area contributed by atoms with Gasteiger partial charge in [-0.2, -0.15) is 0 Å². The average molecular weight is 198 g/mol. The monoisotopic (exact) mass is 198 g/mol. The van der Waals surface area contributed by atoms with Gasteiger partial charge in [0.25, 0.3) is 0 Å². The fourth-order valence-electron chi connectivity index (χ4n) is 1.94. The molecule has 1 unspecified atom stereocenters. The van der Waals surface area contributed by atoms with E-state index in [0.717, 1.165) is 32.2 Å². The molecule has 14 heavy (non-hydrogen) atoms. The minimum Gasteiger partial charge on any atom is -0.356 e. The molecule has 0 saturated heterocycles. The van der Waals surface area contributed by atoms with Gasteiger partial charge in [0.1, 0.15) is 0 Å². The third kappa shape index (κ3) is 3.29. The van der Waals surface area contributed by atoms with Gasteiger partial charge in [-0.15, -0.1) is 0 Å². The first-order valence-corrected chi connectivity index (χ1v) is 5.66. The zero-order chi connectivity index (χ0) is 10.6. The molecule has 0 aliphatic heterocycles. The van der Waals surface area contributed by atoms with Crippen LogP contribution >= 0.6 is 0 Å². The van der Waals surface area contributed by atoms with Gasteiger partial charge in [0, 0.05) is 18.5 Å². The van der Waals surface area contributed by atoms with Gasteiger partial charge in [-0.05, 0) is 25.2 Å². The second-order valence-electron chi connectivity index (χ2n) is 4.53. The predicted octanol–water partition coefficient (Wildman–Crippen LogP) is 1.28. The second kappa shape index (κ2) is 5.35. The highest BCUT2D eigenvalue weighted by atomic mass is 16.1. The fourth-order valence-corrected chi connectivity index (χ4v) is 1.94. The first kappa shape index (κ1) is 11.5. The molecule has 0 bridgehead atoms. The summed E-state index contributed by atoms with van der Waals surface area (Å²) in [6.07, 6.45) is 4.20. The Morgan fingerprint density at radius 3 is 2.71 bits per heavy atom. The van der Waals surface area contributed by atoms with E-state index in [1.54, 1.807) is 0 Å². The van der Waals surface area contributed by atoms with Crippen molar-refractivity contribution < 1.29 is 4.79 Å². The van der Waals surface area contributed by atoms with Gasteiger partial charge in [-0.3, -0.25) is 4.79 Å². The van der Waals surface area contributed by atoms with E-state index in [-0.39, 0.29) is 11.8 Å². The minimum atomic E-state index is 0.161. The van der Waals surface area contributed by atoms with Crippen molar-refractivity contribution in [2.24, 2.45) is 17.6 Å². The number of carbonyl (C=O) groups excluding carboxylic acids is 1. The van der Waals surface area contributed by atoms with Crippen molar-refractivity contribution in [2.75, 3.05) is 6.54 Å². The van der Waals surface area contributed by atoms with E-state index in [9.17, 15) is 4.79 Å². The molecule has 3 heteroatoms. The van der Waals surface area contributed by atoms with Gasteiger partial charge in [0.05, 0.1) is 0 Å². The summed E-state index contributed by atoms with van der Waals surface area (Å²) in [5.41, 5.74) is 5.67. The third-order valence-corrected chi connectivity index (χ3v) is 3.01. The lowest BCUT2D eigenvalue weighted by molar-refractivity contribution is -0.125. The van der Waals surface area contributed by atoms with Gasteiger partial charge < -0.3 is 11.1 Å². The van der Waals surface area contributed by atoms with E-state index in [1.165, 1.54) is 0 Å². The summed E-state index contributed by atoms with van der Waals surface area (Å²) in [7, 11) is 0. The van der Waals surface area contributed by atoms with Crippen molar-refractivity contribution >= 4 is 5.91 Å². The molecular weight excluding hydrogens is 176 g/mol. The van der Waals surface area contributed by atoms with E-state index >= 15 is 0 Å². The summed E-state index contributed by atoms with van der Waals surface area (Å²) in [5, 5.41) is 3.00. The molecule has 1 aliphatic carbocycles. The number of nitrogens with two attached hydrogens (primary N) is 1. The van der Waals surface area contributed by atoms with Gasteiger partial charge >= 0.3 is 0 Å². The lowest BCUT2D eigenvalue weighted by atomic mass is 9.81. The first-order valence-electron chi connectivity index (χ1n) is 5.66. The minimum absolute atomic E-state index is 0.161. The van der Waals surface area contributed by atoms with Crippen molar-refractivity contribution in [1.29, 1.82) is 0 Å². The number of nitrogens with one attached hydrogen (secondary N) is 1. The molecule has 1 fully saturated rings. The van der Waals surface area contributed by atoms with Crippen LogP contribution in [0.3, 0.4) is 0 Å². The SMILES string of the molecule is CCCC(C)C(=O)NCC1CC(N)C1. The third-order valence-electron chi connectivity index (χ3n) is 3.01. The molecule has 1 aliphatic rings. The standard InChI is InChI=1S/C11H22N2O/c1-3-4-8(2)11(14)13-7-9-5-10(12)6-9/h8-10H,3-7,12H2,1-2H3,(H,13,14). The summed E-state index contributed by atoms with van der Waals surface area (Å²) >= 11 is 0. The highest BCUT2D eigenvalue weighted by Crippen LogP contribution is 2.24. The van der Waals surface area contributed by atoms with Crippen LogP contribution in [0, 0.1) is 11.8 Å². The van der Waals surface area contributed by atoms with Crippen LogP contribution in [0.1, 0.15) is 39.5 Å². The summed E-state index contributed by atoms with van der Waals surface area (Å²) in [4.78, 5) is 11.5. The van der Waals surface area contributed by atoms with Crippen molar-refractivity contribution in [2.45, 2.75) is 45.6 Å². The Balaban J connectivity index is 2.08. The van der Waals surface area contributed by atoms with Crippen LogP contribution in [0.15, 0.2) is 0 Å². The maximum Gasteiger partial charge on any atom is 0.222 e. The largest absolute Gasteiger partial charge is 0.356 e. The second-order valence-corrected chi connectivity index (χ2v) is 4.53. The van der Waals surface area contributed by atoms with Crippen LogP contribution < -0.4 is 11.1 Å². The Morgan fingerprint density at radius 2 is 2.21 bits per heavy atom. The van der Waals surface area contributed by atoms with Crippen molar-refractivity contribution in [3.05, 3.63) is 0 Å². The lowest BCUT2D eigenvalue weighted by Gasteiger charge is -2.32. The maximum atomic E-state index is 11.5. The molecule has 82 valence electrons. The summed E-state index contributed by atoms with van der Waals surface area (Å²) in [5.74, 6) is 0.990. The molecular formula is C11H22N2O. The van der Waals surface area contributed by atoms with Gasteiger partial charge in [0.15, 0.2) is 0 Å². The van der Waals surface area contributed by atoms with Crippen LogP contribution in [0.4, 0.5) is 0 Å². The predicted molar refractivity (Wildman–Crippen MR) is 57.8 cm³/mol. The molecule has 1 rings (SSSR count). The van der Waals surface area contributed by atoms with Crippen LogP contribution in [-0.4, -0.2) is 18.5 Å². The Bertz CT molecular complexity index is 188. The van der Waals surface area contributed by atoms with E-state index in [0.29, 0.717) is 12.0 Å². The van der Waals surface area contributed by atoms with E-state index in [4.69, 9.17) is 5.73 Å². The van der Waals surface area contributed by atoms with Gasteiger partial charge in [-0.1, -0.05) is 20.3 Å². The zero-order valence-electron chi connectivity index (χ0n) is 9.25. The quantitative estimate of drug-likeness (QED) is 0.699. The highest BCUT2D eigenvalue weighted by Gasteiger charge is 2.26. The molecule has 0 heterocycles. The number of amides is 1. The lowest BCUT2D eigenvalue weighted by Crippen LogP contribution is -2.43. The summed E-state index contributed by atoms with van der Waals surface area (Å²) < 4.78 is 0. The Labute approximate surface area is 86.4 Å². The Morgan fingerprint density at radius 1 is 1.57 bits per heavy atom. The zero-order valence-corrected chi connectivity index (χ0v) is 9.25. The normalized spacial score (nSPS) is 27.9. The molecule has 1 atom stereocenters. The summed E-state index contributed by atoms with van der Waals surface area (Å²) in [6.45, 7) is 4.92. The first-order chi connectivity index (χ1) is 6.63. The Hall–Kier alpha value is -0.570. The van der Waals surface area contributed by atoms with Crippen molar-refractivity contribution in [3.63, 3.8) is 0 Å². The molecule has 0 aromatic rings. The molecule has 1 amide bonds. The summed E-state index contributed by atoms with van der Waals surface area (Å²) in [6, 6.07) is 0.380. The maximum absolute atomic E-state index is 11.5. The topological polar surface area (TPSA) is 55.1 Å². The fraction of sp³-hybridized carbons (Fsp3) is 0.909. The van der Waals surface area contributed by atoms with Crippen molar-refractivity contribution in [3.8, 4) is 0 Å². The number of hydrogen-bond donors (Lipinski definition) is 2. The van der Waals surface area contributed by atoms with Crippen LogP contribution in [0.2, 0.25) is 0 Å². The van der Waals surface area contributed by atoms with Crippen LogP contribution in [-0.2, 0) is 4.79 Å². The number of rotatable bonds is 5.